The maximum absolute atomic E-state index is 14.4. The molecule has 1 N–H and O–H groups in total. The first-order valence-corrected chi connectivity index (χ1v) is 12.4. The Bertz CT molecular complexity index is 725. The predicted molar refractivity (Wildman–Crippen MR) is 105 cm³/mol. The number of alkyl halides is 2. The van der Waals surface area contributed by atoms with Crippen molar-refractivity contribution in [2.24, 2.45) is 0 Å². The molecule has 0 aromatic heterocycles. The van der Waals surface area contributed by atoms with Gasteiger partial charge in [-0.2, -0.15) is 17.4 Å². The van der Waals surface area contributed by atoms with Crippen LogP contribution in [0.2, 0.25) is 0 Å². The Morgan fingerprint density at radius 3 is 2.11 bits per heavy atom. The molecule has 0 saturated carbocycles. The lowest BCUT2D eigenvalue weighted by molar-refractivity contribution is 0.209. The van der Waals surface area contributed by atoms with Crippen LogP contribution in [0.4, 0.5) is 4.39 Å². The van der Waals surface area contributed by atoms with Crippen LogP contribution < -0.4 is 4.72 Å². The Balaban J connectivity index is 3.41. The van der Waals surface area contributed by atoms with Gasteiger partial charge in [0.2, 0.25) is 0 Å². The number of nitrogens with one attached hydrogen (secondary N) is 1. The van der Waals surface area contributed by atoms with Gasteiger partial charge in [0, 0.05) is 30.4 Å². The molecule has 12 heteroatoms. The van der Waals surface area contributed by atoms with Gasteiger partial charge in [-0.3, -0.25) is 4.57 Å². The van der Waals surface area contributed by atoms with Gasteiger partial charge in [-0.05, 0) is 19.9 Å². The van der Waals surface area contributed by atoms with E-state index < -0.39 is 29.4 Å². The number of hydrogen-bond donors (Lipinski definition) is 1. The monoisotopic (exact) mass is 464 g/mol. The summed E-state index contributed by atoms with van der Waals surface area (Å²) in [6.07, 6.45) is 0. The van der Waals surface area contributed by atoms with Crippen molar-refractivity contribution in [3.05, 3.63) is 35.6 Å². The molecule has 0 aliphatic heterocycles. The third kappa shape index (κ3) is 6.94. The minimum absolute atomic E-state index is 0.0168. The molecule has 0 radical (unpaired) electrons. The highest BCUT2D eigenvalue weighted by Gasteiger charge is 2.42. The van der Waals surface area contributed by atoms with Gasteiger partial charge in [0.05, 0.1) is 13.2 Å². The molecular formula is C15H24Cl2FN2O5PS. The second-order valence-corrected chi connectivity index (χ2v) is 9.77. The number of hydrogen-bond acceptors (Lipinski definition) is 5. The van der Waals surface area contributed by atoms with Crippen LogP contribution in [-0.4, -0.2) is 50.8 Å². The van der Waals surface area contributed by atoms with Crippen molar-refractivity contribution in [3.8, 4) is 0 Å². The van der Waals surface area contributed by atoms with E-state index in [2.05, 4.69) is 4.72 Å². The van der Waals surface area contributed by atoms with Crippen LogP contribution in [0.5, 0.6) is 0 Å². The normalized spacial score (nSPS) is 13.9. The maximum atomic E-state index is 14.4. The molecular weight excluding hydrogens is 441 g/mol. The van der Waals surface area contributed by atoms with Gasteiger partial charge in [-0.15, -0.1) is 23.2 Å². The van der Waals surface area contributed by atoms with Gasteiger partial charge >= 0.3 is 7.60 Å². The standard InChI is InChI=1S/C15H24Cl2FN2O5PS/c1-3-24-26(21,25-4-2)15(13-7-5-6-8-14(13)18)19-27(22,23)20(11-9-16)12-10-17/h5-8,15,19H,3-4,9-12H2,1-2H3. The van der Waals surface area contributed by atoms with Crippen LogP contribution in [0.25, 0.3) is 0 Å². The van der Waals surface area contributed by atoms with Crippen LogP contribution in [-0.2, 0) is 23.8 Å². The van der Waals surface area contributed by atoms with Crippen LogP contribution >= 0.6 is 30.8 Å². The summed E-state index contributed by atoms with van der Waals surface area (Å²) >= 11 is 11.3. The Morgan fingerprint density at radius 1 is 1.15 bits per heavy atom. The van der Waals surface area contributed by atoms with Gasteiger partial charge in [-0.1, -0.05) is 18.2 Å². The Hall–Kier alpha value is -0.250. The molecule has 27 heavy (non-hydrogen) atoms. The summed E-state index contributed by atoms with van der Waals surface area (Å²) in [5, 5.41) is 0. The fourth-order valence-electron chi connectivity index (χ4n) is 2.30. The number of nitrogens with zero attached hydrogens (tertiary/aromatic N) is 1. The summed E-state index contributed by atoms with van der Waals surface area (Å²) in [7, 11) is -8.29. The van der Waals surface area contributed by atoms with Crippen molar-refractivity contribution < 1.29 is 26.4 Å². The molecule has 1 unspecified atom stereocenters. The molecule has 0 saturated heterocycles. The van der Waals surface area contributed by atoms with Crippen molar-refractivity contribution in [3.63, 3.8) is 0 Å². The molecule has 7 nitrogen and oxygen atoms in total. The predicted octanol–water partition coefficient (Wildman–Crippen LogP) is 3.70. The van der Waals surface area contributed by atoms with E-state index in [0.29, 0.717) is 0 Å². The lowest BCUT2D eigenvalue weighted by Gasteiger charge is -2.30. The first kappa shape index (κ1) is 24.8. The SMILES string of the molecule is CCOP(=O)(OCC)C(NS(=O)(=O)N(CCCl)CCCl)c1ccccc1F. The van der Waals surface area contributed by atoms with E-state index in [-0.39, 0.29) is 43.6 Å². The molecule has 0 bridgehead atoms. The van der Waals surface area contributed by atoms with Crippen molar-refractivity contribution in [1.82, 2.24) is 9.03 Å². The average molecular weight is 465 g/mol. The van der Waals surface area contributed by atoms with Crippen LogP contribution in [0.1, 0.15) is 25.2 Å². The Kier molecular flexibility index (Phi) is 10.7. The summed E-state index contributed by atoms with van der Waals surface area (Å²) in [4.78, 5) is 0. The zero-order valence-corrected chi connectivity index (χ0v) is 18.3. The second kappa shape index (κ2) is 11.7. The highest BCUT2D eigenvalue weighted by Crippen LogP contribution is 2.60. The highest BCUT2D eigenvalue weighted by atomic mass is 35.5. The number of halogens is 3. The average Bonchev–Trinajstić information content (AvgIpc) is 2.60. The fourth-order valence-corrected chi connectivity index (χ4v) is 6.69. The summed E-state index contributed by atoms with van der Waals surface area (Å²) < 4.78 is 67.0. The molecule has 0 amide bonds. The molecule has 1 atom stereocenters. The van der Waals surface area contributed by atoms with Crippen molar-refractivity contribution >= 4 is 41.0 Å². The van der Waals surface area contributed by atoms with Gasteiger partial charge in [0.25, 0.3) is 10.2 Å². The molecule has 0 aliphatic rings. The largest absolute Gasteiger partial charge is 0.353 e. The smallest absolute Gasteiger partial charge is 0.308 e. The van der Waals surface area contributed by atoms with E-state index in [0.717, 1.165) is 10.4 Å². The molecule has 156 valence electrons. The molecule has 0 fully saturated rings. The van der Waals surface area contributed by atoms with Crippen LogP contribution in [0.15, 0.2) is 24.3 Å². The minimum atomic E-state index is -4.22. The van der Waals surface area contributed by atoms with Crippen LogP contribution in [0, 0.1) is 5.82 Å². The minimum Gasteiger partial charge on any atom is -0.308 e. The van der Waals surface area contributed by atoms with Crippen LogP contribution in [0.3, 0.4) is 0 Å². The van der Waals surface area contributed by atoms with Gasteiger partial charge in [-0.25, -0.2) is 4.39 Å². The van der Waals surface area contributed by atoms with Gasteiger partial charge in [0.1, 0.15) is 5.82 Å². The van der Waals surface area contributed by atoms with E-state index in [1.54, 1.807) is 13.8 Å². The number of rotatable bonds is 13. The third-order valence-corrected chi connectivity index (χ3v) is 7.77. The first-order valence-electron chi connectivity index (χ1n) is 8.28. The zero-order valence-electron chi connectivity index (χ0n) is 15.1. The summed E-state index contributed by atoms with van der Waals surface area (Å²) in [5.74, 6) is -2.27. The van der Waals surface area contributed by atoms with E-state index in [4.69, 9.17) is 32.2 Å². The van der Waals surface area contributed by atoms with Crippen molar-refractivity contribution in [2.75, 3.05) is 38.1 Å². The molecule has 0 heterocycles. The third-order valence-electron chi connectivity index (χ3n) is 3.40. The van der Waals surface area contributed by atoms with Crippen molar-refractivity contribution in [1.29, 1.82) is 0 Å². The topological polar surface area (TPSA) is 84.9 Å². The lowest BCUT2D eigenvalue weighted by atomic mass is 10.2. The van der Waals surface area contributed by atoms with E-state index in [1.807, 2.05) is 0 Å². The molecule has 0 aliphatic carbocycles. The summed E-state index contributed by atoms with van der Waals surface area (Å²) in [6, 6.07) is 5.38. The first-order chi connectivity index (χ1) is 12.8. The summed E-state index contributed by atoms with van der Waals surface area (Å²) in [5.41, 5.74) is -0.150. The number of benzene rings is 1. The molecule has 1 aromatic rings. The molecule has 0 spiro atoms. The quantitative estimate of drug-likeness (QED) is 0.355. The van der Waals surface area contributed by atoms with E-state index in [9.17, 15) is 17.4 Å². The lowest BCUT2D eigenvalue weighted by Crippen LogP contribution is -2.44. The zero-order chi connectivity index (χ0) is 20.5. The second-order valence-electron chi connectivity index (χ2n) is 5.20. The molecule has 1 rings (SSSR count). The van der Waals surface area contributed by atoms with E-state index >= 15 is 0 Å². The van der Waals surface area contributed by atoms with Crippen molar-refractivity contribution in [2.45, 2.75) is 19.6 Å². The fraction of sp³-hybridized carbons (Fsp3) is 0.600. The Morgan fingerprint density at radius 2 is 1.67 bits per heavy atom. The Labute approximate surface area is 169 Å². The summed E-state index contributed by atoms with van der Waals surface area (Å²) in [6.45, 7) is 3.06. The van der Waals surface area contributed by atoms with Gasteiger partial charge in [0.15, 0.2) is 5.78 Å². The van der Waals surface area contributed by atoms with Gasteiger partial charge < -0.3 is 9.05 Å². The highest BCUT2D eigenvalue weighted by molar-refractivity contribution is 7.87. The maximum Gasteiger partial charge on any atom is 0.353 e. The molecule has 1 aromatic carbocycles. The van der Waals surface area contributed by atoms with E-state index in [1.165, 1.54) is 18.2 Å².